The Hall–Kier alpha value is -4.81. The zero-order chi connectivity index (χ0) is 31.1. The van der Waals surface area contributed by atoms with Crippen LogP contribution in [0.25, 0.3) is 22.0 Å². The number of pyridine rings is 2. The minimum Gasteiger partial charge on any atom is -0.375 e. The molecular formula is C34H39N7O2. The Morgan fingerprint density at radius 3 is 2.19 bits per heavy atom. The molecule has 2 aromatic heterocycles. The Balaban J connectivity index is 0.00000135. The van der Waals surface area contributed by atoms with Gasteiger partial charge >= 0.3 is 0 Å². The molecule has 1 fully saturated rings. The van der Waals surface area contributed by atoms with Crippen LogP contribution < -0.4 is 15.5 Å². The molecule has 3 heterocycles. The molecule has 2 N–H and O–H groups in total. The predicted molar refractivity (Wildman–Crippen MR) is 172 cm³/mol. The van der Waals surface area contributed by atoms with Gasteiger partial charge in [0, 0.05) is 48.5 Å². The first kappa shape index (κ1) is 31.1. The number of benzene rings is 2. The summed E-state index contributed by atoms with van der Waals surface area (Å²) in [5, 5.41) is 10.4. The van der Waals surface area contributed by atoms with Gasteiger partial charge in [-0.05, 0) is 88.3 Å². The van der Waals surface area contributed by atoms with Crippen LogP contribution >= 0.6 is 0 Å². The number of primary amides is 1. The van der Waals surface area contributed by atoms with Crippen LogP contribution in [0.5, 0.6) is 0 Å². The van der Waals surface area contributed by atoms with Crippen molar-refractivity contribution in [1.82, 2.24) is 14.9 Å². The molecule has 9 nitrogen and oxygen atoms in total. The number of carbonyl (C=O) groups is 2. The lowest BCUT2D eigenvalue weighted by molar-refractivity contribution is -0.107. The van der Waals surface area contributed by atoms with Crippen LogP contribution in [0.1, 0.15) is 43.9 Å². The molecule has 222 valence electrons. The third-order valence-electron chi connectivity index (χ3n) is 8.05. The number of piperidine rings is 1. The van der Waals surface area contributed by atoms with E-state index in [2.05, 4.69) is 48.0 Å². The van der Waals surface area contributed by atoms with Gasteiger partial charge in [-0.25, -0.2) is 0 Å². The minimum absolute atomic E-state index is 0.250. The van der Waals surface area contributed by atoms with E-state index in [1.165, 1.54) is 0 Å². The zero-order valence-corrected chi connectivity index (χ0v) is 25.5. The minimum atomic E-state index is -0.617. The van der Waals surface area contributed by atoms with Gasteiger partial charge in [0.2, 0.25) is 12.8 Å². The van der Waals surface area contributed by atoms with E-state index in [1.54, 1.807) is 11.1 Å². The maximum absolute atomic E-state index is 12.6. The van der Waals surface area contributed by atoms with Crippen LogP contribution in [0.3, 0.4) is 0 Å². The Kier molecular flexibility index (Phi) is 9.73. The zero-order valence-electron chi connectivity index (χ0n) is 25.5. The van der Waals surface area contributed by atoms with E-state index in [4.69, 9.17) is 14.8 Å². The number of fused-ring (bicyclic) bond motifs is 1. The number of nitrogens with zero attached hydrogens (tertiary/aromatic N) is 6. The van der Waals surface area contributed by atoms with Crippen molar-refractivity contribution in [2.45, 2.75) is 38.0 Å². The van der Waals surface area contributed by atoms with E-state index in [0.717, 1.165) is 82.7 Å². The van der Waals surface area contributed by atoms with Crippen molar-refractivity contribution in [3.63, 3.8) is 0 Å². The van der Waals surface area contributed by atoms with E-state index in [9.17, 15) is 10.1 Å². The molecule has 1 aliphatic rings. The maximum Gasteiger partial charge on any atom is 0.218 e. The SMILES string of the molecule is CN1CCC(c2ccc(-c3ccc4ncc(N(C)C)c(N(C=O)c5ccc(C(C)(C)C#N)cc5)c4c3)cn2)CC1.NC=O. The number of likely N-dealkylation sites (tertiary alicyclic amines) is 1. The maximum atomic E-state index is 12.6. The molecule has 5 rings (SSSR count). The summed E-state index contributed by atoms with van der Waals surface area (Å²) in [5.41, 5.74) is 10.8. The smallest absolute Gasteiger partial charge is 0.218 e. The summed E-state index contributed by atoms with van der Waals surface area (Å²) < 4.78 is 0. The average Bonchev–Trinajstić information content (AvgIpc) is 3.02. The number of nitriles is 1. The van der Waals surface area contributed by atoms with Gasteiger partial charge in [0.15, 0.2) is 0 Å². The molecule has 2 aromatic carbocycles. The first-order valence-corrected chi connectivity index (χ1v) is 14.3. The van der Waals surface area contributed by atoms with Crippen LogP contribution in [0.15, 0.2) is 67.0 Å². The summed E-state index contributed by atoms with van der Waals surface area (Å²) in [6, 6.07) is 20.4. The van der Waals surface area contributed by atoms with E-state index in [0.29, 0.717) is 5.92 Å². The Morgan fingerprint density at radius 2 is 1.63 bits per heavy atom. The standard InChI is InChI=1S/C33H36N6O.CH3NO/c1-33(2,21-34)26-8-10-27(11-9-26)39(22-40)32-28-18-24(6-13-30(28)36-20-31(32)37(3)4)25-7-12-29(35-19-25)23-14-16-38(5)17-15-23;2-1-3/h6-13,18-20,22-23H,14-17H2,1-5H3;1H,(H2,2,3). The Labute approximate surface area is 253 Å². The van der Waals surface area contributed by atoms with Crippen LogP contribution in [0.2, 0.25) is 0 Å². The van der Waals surface area contributed by atoms with Gasteiger partial charge in [0.25, 0.3) is 0 Å². The van der Waals surface area contributed by atoms with Crippen LogP contribution in [-0.2, 0) is 15.0 Å². The summed E-state index contributed by atoms with van der Waals surface area (Å²) in [5.74, 6) is 0.506. The van der Waals surface area contributed by atoms with Gasteiger partial charge in [0.1, 0.15) is 0 Å². The quantitative estimate of drug-likeness (QED) is 0.293. The number of carbonyl (C=O) groups excluding carboxylic acids is 2. The highest BCUT2D eigenvalue weighted by Gasteiger charge is 2.23. The molecule has 1 aliphatic heterocycles. The lowest BCUT2D eigenvalue weighted by atomic mass is 9.86. The molecule has 4 aromatic rings. The number of rotatable bonds is 7. The summed E-state index contributed by atoms with van der Waals surface area (Å²) >= 11 is 0. The van der Waals surface area contributed by atoms with Gasteiger partial charge < -0.3 is 15.5 Å². The average molecular weight is 578 g/mol. The van der Waals surface area contributed by atoms with Crippen molar-refractivity contribution in [1.29, 1.82) is 5.26 Å². The largest absolute Gasteiger partial charge is 0.375 e. The van der Waals surface area contributed by atoms with E-state index >= 15 is 0 Å². The topological polar surface area (TPSA) is 119 Å². The number of nitrogens with two attached hydrogens (primary N) is 1. The summed E-state index contributed by atoms with van der Waals surface area (Å²) in [7, 11) is 6.07. The molecule has 0 spiro atoms. The Bertz CT molecular complexity index is 1600. The Morgan fingerprint density at radius 1 is 0.977 bits per heavy atom. The van der Waals surface area contributed by atoms with Crippen molar-refractivity contribution in [2.24, 2.45) is 5.73 Å². The van der Waals surface area contributed by atoms with E-state index in [1.807, 2.05) is 69.4 Å². The molecule has 2 amide bonds. The summed E-state index contributed by atoms with van der Waals surface area (Å²) in [6.45, 7) is 5.98. The lowest BCUT2D eigenvalue weighted by Gasteiger charge is -2.28. The fourth-order valence-electron chi connectivity index (χ4n) is 5.40. The molecule has 0 aliphatic carbocycles. The second-order valence-corrected chi connectivity index (χ2v) is 11.6. The third-order valence-corrected chi connectivity index (χ3v) is 8.05. The third kappa shape index (κ3) is 6.82. The molecule has 43 heavy (non-hydrogen) atoms. The summed E-state index contributed by atoms with van der Waals surface area (Å²) in [6.07, 6.45) is 7.13. The van der Waals surface area contributed by atoms with E-state index in [-0.39, 0.29) is 6.41 Å². The second kappa shape index (κ2) is 13.4. The fourth-order valence-corrected chi connectivity index (χ4v) is 5.40. The van der Waals surface area contributed by atoms with Crippen LogP contribution in [0.4, 0.5) is 17.1 Å². The molecule has 9 heteroatoms. The fraction of sp³-hybridized carbons (Fsp3) is 0.324. The summed E-state index contributed by atoms with van der Waals surface area (Å²) in [4.78, 5) is 36.8. The molecule has 0 bridgehead atoms. The van der Waals surface area contributed by atoms with Gasteiger partial charge in [-0.2, -0.15) is 5.26 Å². The normalized spacial score (nSPS) is 13.9. The van der Waals surface area contributed by atoms with Crippen LogP contribution in [0, 0.1) is 11.3 Å². The first-order valence-electron chi connectivity index (χ1n) is 14.3. The number of amides is 2. The number of anilines is 3. The monoisotopic (exact) mass is 577 g/mol. The number of hydrogen-bond donors (Lipinski definition) is 1. The van der Waals surface area contributed by atoms with Crippen LogP contribution in [-0.4, -0.2) is 61.9 Å². The molecule has 0 radical (unpaired) electrons. The van der Waals surface area contributed by atoms with Gasteiger partial charge in [-0.3, -0.25) is 24.5 Å². The van der Waals surface area contributed by atoms with Gasteiger partial charge in [0.05, 0.1) is 34.6 Å². The molecule has 0 atom stereocenters. The molecule has 0 saturated carbocycles. The lowest BCUT2D eigenvalue weighted by Crippen LogP contribution is -2.29. The predicted octanol–water partition coefficient (Wildman–Crippen LogP) is 5.37. The molecular weight excluding hydrogens is 538 g/mol. The van der Waals surface area contributed by atoms with Crippen molar-refractivity contribution in [3.05, 3.63) is 78.2 Å². The highest BCUT2D eigenvalue weighted by molar-refractivity contribution is 6.07. The number of aromatic nitrogens is 2. The van der Waals surface area contributed by atoms with Crippen molar-refractivity contribution >= 4 is 40.8 Å². The van der Waals surface area contributed by atoms with Crippen molar-refractivity contribution in [3.8, 4) is 17.2 Å². The van der Waals surface area contributed by atoms with Gasteiger partial charge in [-0.15, -0.1) is 0 Å². The molecule has 0 unspecified atom stereocenters. The van der Waals surface area contributed by atoms with Gasteiger partial charge in [-0.1, -0.05) is 24.3 Å². The second-order valence-electron chi connectivity index (χ2n) is 11.6. The van der Waals surface area contributed by atoms with Crippen molar-refractivity contribution < 1.29 is 9.59 Å². The van der Waals surface area contributed by atoms with E-state index < -0.39 is 5.41 Å². The van der Waals surface area contributed by atoms with Crippen molar-refractivity contribution in [2.75, 3.05) is 44.0 Å². The highest BCUT2D eigenvalue weighted by Crippen LogP contribution is 2.40. The molecule has 1 saturated heterocycles. The first-order chi connectivity index (χ1) is 20.6. The highest BCUT2D eigenvalue weighted by atomic mass is 16.1. The number of hydrogen-bond acceptors (Lipinski definition) is 7.